The van der Waals surface area contributed by atoms with Crippen molar-refractivity contribution in [2.45, 2.75) is 89.4 Å². The van der Waals surface area contributed by atoms with Crippen LogP contribution in [0.1, 0.15) is 72.1 Å². The first-order valence-electron chi connectivity index (χ1n) is 10.2. The predicted molar refractivity (Wildman–Crippen MR) is 97.5 cm³/mol. The molecule has 0 unspecified atom stereocenters. The average Bonchev–Trinajstić information content (AvgIpc) is 2.83. The number of hydrogen-bond donors (Lipinski definition) is 3. The summed E-state index contributed by atoms with van der Waals surface area (Å²) in [7, 11) is 0. The largest absolute Gasteiger partial charge is 0.393 e. The molecule has 0 aromatic carbocycles. The summed E-state index contributed by atoms with van der Waals surface area (Å²) in [6.07, 6.45) is 12.3. The second kappa shape index (κ2) is 5.24. The van der Waals surface area contributed by atoms with E-state index in [1.54, 1.807) is 0 Å². The van der Waals surface area contributed by atoms with Crippen LogP contribution in [0.4, 0.5) is 0 Å². The van der Waals surface area contributed by atoms with Gasteiger partial charge in [-0.25, -0.2) is 0 Å². The quantitative estimate of drug-likeness (QED) is 0.591. The van der Waals surface area contributed by atoms with Gasteiger partial charge in [0.1, 0.15) is 5.60 Å². The fourth-order valence-corrected chi connectivity index (χ4v) is 7.91. The van der Waals surface area contributed by atoms with Gasteiger partial charge in [-0.05, 0) is 74.0 Å². The van der Waals surface area contributed by atoms with Crippen molar-refractivity contribution in [3.8, 4) is 12.3 Å². The van der Waals surface area contributed by atoms with Gasteiger partial charge in [0, 0.05) is 11.8 Å². The Kier molecular flexibility index (Phi) is 3.74. The van der Waals surface area contributed by atoms with Crippen LogP contribution in [0.25, 0.3) is 0 Å². The fourth-order valence-electron chi connectivity index (χ4n) is 7.91. The highest BCUT2D eigenvalue weighted by Gasteiger charge is 2.68. The third-order valence-corrected chi connectivity index (χ3v) is 9.62. The number of terminal acetylenes is 1. The lowest BCUT2D eigenvalue weighted by molar-refractivity contribution is -0.247. The van der Waals surface area contributed by atoms with E-state index in [4.69, 9.17) is 6.42 Å². The number of rotatable bonds is 0. The molecule has 4 aliphatic rings. The van der Waals surface area contributed by atoms with Gasteiger partial charge in [-0.1, -0.05) is 26.7 Å². The molecule has 4 saturated carbocycles. The summed E-state index contributed by atoms with van der Waals surface area (Å²) < 4.78 is 0. The van der Waals surface area contributed by atoms with Crippen molar-refractivity contribution < 1.29 is 15.3 Å². The molecule has 3 N–H and O–H groups in total. The Bertz CT molecular complexity index is 611. The van der Waals surface area contributed by atoms with Crippen LogP contribution in [-0.4, -0.2) is 32.6 Å². The molecule has 0 aromatic rings. The summed E-state index contributed by atoms with van der Waals surface area (Å²) in [6.45, 7) is 6.65. The Morgan fingerprint density at radius 1 is 0.960 bits per heavy atom. The van der Waals surface area contributed by atoms with Crippen molar-refractivity contribution in [1.82, 2.24) is 0 Å². The Morgan fingerprint density at radius 2 is 1.56 bits per heavy atom. The van der Waals surface area contributed by atoms with E-state index in [9.17, 15) is 15.3 Å². The van der Waals surface area contributed by atoms with E-state index >= 15 is 0 Å². The molecule has 3 nitrogen and oxygen atoms in total. The zero-order valence-corrected chi connectivity index (χ0v) is 16.0. The van der Waals surface area contributed by atoms with Gasteiger partial charge in [0.2, 0.25) is 0 Å². The Labute approximate surface area is 152 Å². The van der Waals surface area contributed by atoms with Crippen LogP contribution in [0.5, 0.6) is 0 Å². The molecular weight excluding hydrogens is 312 g/mol. The molecule has 4 aliphatic carbocycles. The Morgan fingerprint density at radius 3 is 2.24 bits per heavy atom. The number of fused-ring (bicyclic) bond motifs is 5. The second-order valence-corrected chi connectivity index (χ2v) is 10.3. The molecule has 0 heterocycles. The van der Waals surface area contributed by atoms with Crippen molar-refractivity contribution in [3.05, 3.63) is 0 Å². The minimum absolute atomic E-state index is 0.132. The molecular formula is C22H34O3. The maximum absolute atomic E-state index is 11.6. The topological polar surface area (TPSA) is 60.7 Å². The van der Waals surface area contributed by atoms with Crippen LogP contribution in [0.2, 0.25) is 0 Å². The lowest BCUT2D eigenvalue weighted by Crippen LogP contribution is -2.66. The lowest BCUT2D eigenvalue weighted by Gasteiger charge is -2.66. The minimum Gasteiger partial charge on any atom is -0.393 e. The molecule has 9 atom stereocenters. The SMILES string of the molecule is C#C[C@]1(O)CC[C@H]2[C@@H]3C[C@@H](C)[C@@]4(O)C[C@@H](O)CC[C@]4(C)[C@H]3CC[C@@]21C. The molecule has 0 aliphatic heterocycles. The molecule has 25 heavy (non-hydrogen) atoms. The summed E-state index contributed by atoms with van der Waals surface area (Å²) in [5.41, 5.74) is -2.06. The minimum atomic E-state index is -0.969. The van der Waals surface area contributed by atoms with Crippen molar-refractivity contribution in [2.75, 3.05) is 0 Å². The summed E-state index contributed by atoms with van der Waals surface area (Å²) >= 11 is 0. The lowest BCUT2D eigenvalue weighted by atomic mass is 9.41. The summed E-state index contributed by atoms with van der Waals surface area (Å²) in [6, 6.07) is 0. The molecule has 0 bridgehead atoms. The monoisotopic (exact) mass is 346 g/mol. The van der Waals surface area contributed by atoms with Gasteiger partial charge in [0.25, 0.3) is 0 Å². The second-order valence-electron chi connectivity index (χ2n) is 10.3. The first-order valence-corrected chi connectivity index (χ1v) is 10.2. The highest BCUT2D eigenvalue weighted by atomic mass is 16.3. The highest BCUT2D eigenvalue weighted by molar-refractivity contribution is 5.24. The summed E-state index contributed by atoms with van der Waals surface area (Å²) in [4.78, 5) is 0. The van der Waals surface area contributed by atoms with Crippen molar-refractivity contribution in [3.63, 3.8) is 0 Å². The zero-order valence-electron chi connectivity index (χ0n) is 16.0. The van der Waals surface area contributed by atoms with E-state index < -0.39 is 11.2 Å². The third-order valence-electron chi connectivity index (χ3n) is 9.62. The van der Waals surface area contributed by atoms with E-state index in [1.807, 2.05) is 0 Å². The van der Waals surface area contributed by atoms with E-state index in [0.717, 1.165) is 38.5 Å². The van der Waals surface area contributed by atoms with Gasteiger partial charge < -0.3 is 15.3 Å². The van der Waals surface area contributed by atoms with Crippen LogP contribution < -0.4 is 0 Å². The first-order chi connectivity index (χ1) is 11.6. The standard InChI is InChI=1S/C22H34O3/c1-5-21(24)11-8-17-16-12-14(2)22(25)13-15(23)6-9-20(22,4)18(16)7-10-19(17,21)3/h1,14-18,23-25H,6-13H2,2-4H3/t14-,15+,16+,17+,18+,19+,20-,21+,22+/m1/s1. The maximum atomic E-state index is 11.6. The molecule has 0 amide bonds. The van der Waals surface area contributed by atoms with Crippen LogP contribution >= 0.6 is 0 Å². The van der Waals surface area contributed by atoms with E-state index in [1.165, 1.54) is 0 Å². The summed E-state index contributed by atoms with van der Waals surface area (Å²) in [5.74, 6) is 4.36. The molecule has 0 saturated heterocycles. The molecule has 0 radical (unpaired) electrons. The number of aliphatic hydroxyl groups excluding tert-OH is 1. The molecule has 4 fully saturated rings. The van der Waals surface area contributed by atoms with Gasteiger partial charge in [0.05, 0.1) is 11.7 Å². The zero-order chi connectivity index (χ0) is 18.3. The molecule has 4 rings (SSSR count). The highest BCUT2D eigenvalue weighted by Crippen LogP contribution is 2.69. The predicted octanol–water partition coefficient (Wildman–Crippen LogP) is 3.12. The van der Waals surface area contributed by atoms with E-state index in [-0.39, 0.29) is 22.9 Å². The smallest absolute Gasteiger partial charge is 0.130 e. The van der Waals surface area contributed by atoms with Gasteiger partial charge in [0.15, 0.2) is 0 Å². The molecule has 0 spiro atoms. The number of aliphatic hydroxyl groups is 3. The van der Waals surface area contributed by atoms with Crippen LogP contribution in [0.15, 0.2) is 0 Å². The number of hydrogen-bond acceptors (Lipinski definition) is 3. The fraction of sp³-hybridized carbons (Fsp3) is 0.909. The van der Waals surface area contributed by atoms with Crippen LogP contribution in [0.3, 0.4) is 0 Å². The van der Waals surface area contributed by atoms with Crippen molar-refractivity contribution in [1.29, 1.82) is 0 Å². The maximum Gasteiger partial charge on any atom is 0.130 e. The summed E-state index contributed by atoms with van der Waals surface area (Å²) in [5, 5.41) is 32.9. The van der Waals surface area contributed by atoms with E-state index in [2.05, 4.69) is 26.7 Å². The van der Waals surface area contributed by atoms with Gasteiger partial charge in [-0.3, -0.25) is 0 Å². The molecule has 140 valence electrons. The average molecular weight is 347 g/mol. The normalized spacial score (nSPS) is 60.9. The van der Waals surface area contributed by atoms with Crippen molar-refractivity contribution >= 4 is 0 Å². The van der Waals surface area contributed by atoms with Gasteiger partial charge >= 0.3 is 0 Å². The van der Waals surface area contributed by atoms with Crippen LogP contribution in [0, 0.1) is 46.8 Å². The van der Waals surface area contributed by atoms with Crippen LogP contribution in [-0.2, 0) is 0 Å². The van der Waals surface area contributed by atoms with E-state index in [0.29, 0.717) is 30.6 Å². The van der Waals surface area contributed by atoms with Gasteiger partial charge in [-0.2, -0.15) is 0 Å². The Balaban J connectivity index is 1.72. The third kappa shape index (κ3) is 2.00. The van der Waals surface area contributed by atoms with Gasteiger partial charge in [-0.15, -0.1) is 6.42 Å². The molecule has 3 heteroatoms. The molecule has 0 aromatic heterocycles. The van der Waals surface area contributed by atoms with Crippen molar-refractivity contribution in [2.24, 2.45) is 34.5 Å². The Hall–Kier alpha value is -0.560. The first kappa shape index (κ1) is 17.8.